The summed E-state index contributed by atoms with van der Waals surface area (Å²) in [6.07, 6.45) is 1.51. The Morgan fingerprint density at radius 2 is 1.97 bits per heavy atom. The largest absolute Gasteiger partial charge is 0.352 e. The van der Waals surface area contributed by atoms with Gasteiger partial charge in [-0.1, -0.05) is 19.9 Å². The van der Waals surface area contributed by atoms with E-state index in [1.165, 1.54) is 4.40 Å². The Hall–Kier alpha value is -3.23. The number of barbiturate groups is 1. The van der Waals surface area contributed by atoms with Crippen LogP contribution in [0.1, 0.15) is 33.3 Å². The van der Waals surface area contributed by atoms with E-state index in [1.807, 2.05) is 25.7 Å². The van der Waals surface area contributed by atoms with Gasteiger partial charge < -0.3 is 4.90 Å². The van der Waals surface area contributed by atoms with E-state index in [1.54, 1.807) is 31.3 Å². The molecule has 9 nitrogen and oxygen atoms in total. The van der Waals surface area contributed by atoms with Crippen LogP contribution < -0.4 is 15.8 Å². The van der Waals surface area contributed by atoms with Crippen molar-refractivity contribution >= 4 is 29.3 Å². The summed E-state index contributed by atoms with van der Waals surface area (Å²) in [4.78, 5) is 60.0. The van der Waals surface area contributed by atoms with E-state index in [0.29, 0.717) is 23.6 Å². The summed E-state index contributed by atoms with van der Waals surface area (Å²) in [6, 6.07) is 3.97. The van der Waals surface area contributed by atoms with Gasteiger partial charge in [0, 0.05) is 25.7 Å². The normalized spacial score (nSPS) is 24.0. The lowest BCUT2D eigenvalue weighted by molar-refractivity contribution is -0.153. The summed E-state index contributed by atoms with van der Waals surface area (Å²) in [5.41, 5.74) is -1.08. The molecule has 2 aliphatic heterocycles. The molecule has 1 N–H and O–H groups in total. The second-order valence-electron chi connectivity index (χ2n) is 8.33. The van der Waals surface area contributed by atoms with Crippen molar-refractivity contribution in [3.8, 4) is 0 Å². The molecule has 2 aromatic rings. The molecule has 4 amide bonds. The van der Waals surface area contributed by atoms with E-state index < -0.39 is 29.3 Å². The Morgan fingerprint density at radius 3 is 2.63 bits per heavy atom. The number of rotatable bonds is 3. The minimum atomic E-state index is -1.57. The molecule has 9 heteroatoms. The number of hydrogen-bond donors (Lipinski definition) is 1. The fourth-order valence-electron chi connectivity index (χ4n) is 4.57. The molecule has 30 heavy (non-hydrogen) atoms. The Balaban J connectivity index is 1.93. The van der Waals surface area contributed by atoms with Gasteiger partial charge in [0.2, 0.25) is 11.8 Å². The molecule has 4 rings (SSSR count). The highest BCUT2D eigenvalue weighted by Gasteiger charge is 2.61. The van der Waals surface area contributed by atoms with Crippen molar-refractivity contribution in [2.75, 3.05) is 18.0 Å². The third-order valence-corrected chi connectivity index (χ3v) is 6.10. The topological polar surface area (TPSA) is 104 Å². The molecular weight excluding hydrogens is 386 g/mol. The van der Waals surface area contributed by atoms with Gasteiger partial charge in [0.15, 0.2) is 5.41 Å². The SMILES string of the molecule is CCN1c2nc3ccccn3c(=O)c2CC2(C(=O)NC(=O)N(CC(C)C)C2=O)C1C. The van der Waals surface area contributed by atoms with E-state index in [-0.39, 0.29) is 24.4 Å². The van der Waals surface area contributed by atoms with Crippen LogP contribution in [0.4, 0.5) is 10.6 Å². The lowest BCUT2D eigenvalue weighted by atomic mass is 9.69. The number of imide groups is 2. The highest BCUT2D eigenvalue weighted by molar-refractivity contribution is 6.20. The van der Waals surface area contributed by atoms with E-state index in [0.717, 1.165) is 4.90 Å². The van der Waals surface area contributed by atoms with E-state index in [2.05, 4.69) is 10.3 Å². The van der Waals surface area contributed by atoms with Gasteiger partial charge >= 0.3 is 6.03 Å². The third kappa shape index (κ3) is 2.64. The van der Waals surface area contributed by atoms with Crippen LogP contribution in [0.3, 0.4) is 0 Å². The Labute approximate surface area is 173 Å². The molecule has 2 unspecified atom stereocenters. The van der Waals surface area contributed by atoms with Gasteiger partial charge in [0.25, 0.3) is 5.56 Å². The lowest BCUT2D eigenvalue weighted by Crippen LogP contribution is -2.72. The van der Waals surface area contributed by atoms with Crippen LogP contribution in [0.5, 0.6) is 0 Å². The van der Waals surface area contributed by atoms with Crippen LogP contribution in [-0.4, -0.2) is 51.3 Å². The predicted molar refractivity (Wildman–Crippen MR) is 110 cm³/mol. The number of nitrogens with zero attached hydrogens (tertiary/aromatic N) is 4. The van der Waals surface area contributed by atoms with Crippen molar-refractivity contribution in [3.63, 3.8) is 0 Å². The summed E-state index contributed by atoms with van der Waals surface area (Å²) in [6.45, 7) is 8.09. The molecule has 2 atom stereocenters. The summed E-state index contributed by atoms with van der Waals surface area (Å²) < 4.78 is 1.42. The van der Waals surface area contributed by atoms with Crippen LogP contribution in [0.25, 0.3) is 5.65 Å². The summed E-state index contributed by atoms with van der Waals surface area (Å²) in [5, 5.41) is 2.36. The average Bonchev–Trinajstić information content (AvgIpc) is 2.70. The first-order chi connectivity index (χ1) is 14.2. The number of carbonyl (C=O) groups is 3. The van der Waals surface area contributed by atoms with Crippen molar-refractivity contribution in [1.29, 1.82) is 0 Å². The maximum atomic E-state index is 13.6. The highest BCUT2D eigenvalue weighted by atomic mass is 16.2. The predicted octanol–water partition coefficient (Wildman–Crippen LogP) is 1.19. The van der Waals surface area contributed by atoms with Gasteiger partial charge in [0.1, 0.15) is 11.5 Å². The number of hydrogen-bond acceptors (Lipinski definition) is 6. The number of carbonyl (C=O) groups excluding carboxylic acids is 3. The van der Waals surface area contributed by atoms with Crippen LogP contribution >= 0.6 is 0 Å². The molecule has 0 aliphatic carbocycles. The minimum absolute atomic E-state index is 0.0367. The molecule has 1 spiro atoms. The van der Waals surface area contributed by atoms with Crippen molar-refractivity contribution in [1.82, 2.24) is 19.6 Å². The highest BCUT2D eigenvalue weighted by Crippen LogP contribution is 2.42. The number of aromatic nitrogens is 2. The molecule has 0 saturated carbocycles. The number of amides is 4. The number of pyridine rings is 1. The van der Waals surface area contributed by atoms with Gasteiger partial charge in [-0.25, -0.2) is 9.78 Å². The molecule has 0 bridgehead atoms. The molecule has 4 heterocycles. The fraction of sp³-hybridized carbons (Fsp3) is 0.476. The number of nitrogens with one attached hydrogen (secondary N) is 1. The van der Waals surface area contributed by atoms with Gasteiger partial charge in [0.05, 0.1) is 11.6 Å². The van der Waals surface area contributed by atoms with Gasteiger partial charge in [-0.2, -0.15) is 0 Å². The quantitative estimate of drug-likeness (QED) is 0.761. The Morgan fingerprint density at radius 1 is 1.23 bits per heavy atom. The van der Waals surface area contributed by atoms with E-state index in [4.69, 9.17) is 0 Å². The monoisotopic (exact) mass is 411 g/mol. The standard InChI is InChI=1S/C21H25N5O4/c1-5-24-13(4)21(18(28)23-20(30)26(19(21)29)11-12(2)3)10-14-16(24)22-15-8-6-7-9-25(15)17(14)27/h6-9,12-13H,5,10-11H2,1-4H3,(H,23,28,30). The van der Waals surface area contributed by atoms with Crippen LogP contribution in [-0.2, 0) is 16.0 Å². The second-order valence-corrected chi connectivity index (χ2v) is 8.33. The smallest absolute Gasteiger partial charge is 0.330 e. The maximum Gasteiger partial charge on any atom is 0.330 e. The van der Waals surface area contributed by atoms with Gasteiger partial charge in [-0.15, -0.1) is 0 Å². The lowest BCUT2D eigenvalue weighted by Gasteiger charge is -2.49. The number of anilines is 1. The molecule has 0 radical (unpaired) electrons. The van der Waals surface area contributed by atoms with Gasteiger partial charge in [-0.3, -0.25) is 29.0 Å². The third-order valence-electron chi connectivity index (χ3n) is 6.10. The van der Waals surface area contributed by atoms with Crippen molar-refractivity contribution in [3.05, 3.63) is 40.3 Å². The summed E-state index contributed by atoms with van der Waals surface area (Å²) in [7, 11) is 0. The van der Waals surface area contributed by atoms with Crippen LogP contribution in [0, 0.1) is 11.3 Å². The first-order valence-electron chi connectivity index (χ1n) is 10.2. The summed E-state index contributed by atoms with van der Waals surface area (Å²) in [5.74, 6) is -0.694. The minimum Gasteiger partial charge on any atom is -0.352 e. The molecule has 1 fully saturated rings. The fourth-order valence-corrected chi connectivity index (χ4v) is 4.57. The van der Waals surface area contributed by atoms with Crippen molar-refractivity contribution < 1.29 is 14.4 Å². The number of urea groups is 1. The molecule has 1 saturated heterocycles. The first kappa shape index (κ1) is 20.1. The Bertz CT molecular complexity index is 1120. The summed E-state index contributed by atoms with van der Waals surface area (Å²) >= 11 is 0. The molecule has 0 aromatic carbocycles. The second kappa shape index (κ2) is 6.93. The molecule has 2 aromatic heterocycles. The number of fused-ring (bicyclic) bond motifs is 2. The van der Waals surface area contributed by atoms with E-state index >= 15 is 0 Å². The van der Waals surface area contributed by atoms with Crippen LogP contribution in [0.15, 0.2) is 29.2 Å². The zero-order valence-electron chi connectivity index (χ0n) is 17.5. The molecule has 2 aliphatic rings. The van der Waals surface area contributed by atoms with Crippen molar-refractivity contribution in [2.45, 2.75) is 40.2 Å². The molecular formula is C21H25N5O4. The first-order valence-corrected chi connectivity index (χ1v) is 10.2. The zero-order chi connectivity index (χ0) is 21.8. The van der Waals surface area contributed by atoms with Crippen LogP contribution in [0.2, 0.25) is 0 Å². The zero-order valence-corrected chi connectivity index (χ0v) is 17.5. The van der Waals surface area contributed by atoms with Gasteiger partial charge in [-0.05, 0) is 31.9 Å². The Kier molecular flexibility index (Phi) is 4.63. The maximum absolute atomic E-state index is 13.6. The van der Waals surface area contributed by atoms with Crippen molar-refractivity contribution in [2.24, 2.45) is 11.3 Å². The molecule has 158 valence electrons. The average molecular weight is 411 g/mol. The van der Waals surface area contributed by atoms with E-state index in [9.17, 15) is 19.2 Å².